The lowest BCUT2D eigenvalue weighted by molar-refractivity contribution is -0.114. The van der Waals surface area contributed by atoms with Gasteiger partial charge in [-0.15, -0.1) is 0 Å². The summed E-state index contributed by atoms with van der Waals surface area (Å²) >= 11 is 0. The summed E-state index contributed by atoms with van der Waals surface area (Å²) in [5.41, 5.74) is 0.0772. The lowest BCUT2D eigenvalue weighted by Gasteiger charge is -2.53. The fraction of sp³-hybridized carbons (Fsp3) is 1.00. The zero-order valence-corrected chi connectivity index (χ0v) is 12.1. The van der Waals surface area contributed by atoms with Gasteiger partial charge in [0.1, 0.15) is 0 Å². The SMILES string of the molecule is CCCC1(CCC)CN(CC2(O)CCOCC2)C1. The van der Waals surface area contributed by atoms with Gasteiger partial charge in [0, 0.05) is 45.7 Å². The molecule has 2 rings (SSSR count). The molecule has 1 N–H and O–H groups in total. The van der Waals surface area contributed by atoms with E-state index in [1.54, 1.807) is 0 Å². The van der Waals surface area contributed by atoms with Gasteiger partial charge in [-0.2, -0.15) is 0 Å². The largest absolute Gasteiger partial charge is 0.388 e. The van der Waals surface area contributed by atoms with E-state index < -0.39 is 5.60 Å². The molecule has 2 heterocycles. The molecule has 0 radical (unpaired) electrons. The van der Waals surface area contributed by atoms with Crippen LogP contribution in [0.15, 0.2) is 0 Å². The van der Waals surface area contributed by atoms with Crippen molar-refractivity contribution in [2.24, 2.45) is 5.41 Å². The number of likely N-dealkylation sites (tertiary alicyclic amines) is 1. The van der Waals surface area contributed by atoms with E-state index in [0.29, 0.717) is 5.41 Å². The van der Waals surface area contributed by atoms with Crippen molar-refractivity contribution in [3.63, 3.8) is 0 Å². The van der Waals surface area contributed by atoms with Crippen molar-refractivity contribution < 1.29 is 9.84 Å². The Morgan fingerprint density at radius 1 is 1.06 bits per heavy atom. The van der Waals surface area contributed by atoms with Crippen LogP contribution in [-0.2, 0) is 4.74 Å². The predicted octanol–water partition coefficient (Wildman–Crippen LogP) is 2.43. The van der Waals surface area contributed by atoms with Crippen molar-refractivity contribution in [3.05, 3.63) is 0 Å². The molecular formula is C15H29NO2. The van der Waals surface area contributed by atoms with Crippen LogP contribution in [-0.4, -0.2) is 48.5 Å². The molecule has 3 heteroatoms. The van der Waals surface area contributed by atoms with E-state index in [0.717, 1.165) is 32.6 Å². The van der Waals surface area contributed by atoms with E-state index in [-0.39, 0.29) is 0 Å². The molecule has 0 aliphatic carbocycles. The monoisotopic (exact) mass is 255 g/mol. The maximum atomic E-state index is 10.5. The summed E-state index contributed by atoms with van der Waals surface area (Å²) in [6, 6.07) is 0. The molecule has 106 valence electrons. The third-order valence-corrected chi connectivity index (χ3v) is 4.62. The number of hydrogen-bond donors (Lipinski definition) is 1. The van der Waals surface area contributed by atoms with Crippen LogP contribution in [0.3, 0.4) is 0 Å². The third-order valence-electron chi connectivity index (χ3n) is 4.62. The summed E-state index contributed by atoms with van der Waals surface area (Å²) in [7, 11) is 0. The molecule has 0 saturated carbocycles. The second-order valence-corrected chi connectivity index (χ2v) is 6.48. The first kappa shape index (κ1) is 14.3. The highest BCUT2D eigenvalue weighted by Gasteiger charge is 2.44. The molecule has 2 fully saturated rings. The first-order chi connectivity index (χ1) is 8.61. The minimum absolute atomic E-state index is 0.483. The highest BCUT2D eigenvalue weighted by atomic mass is 16.5. The molecule has 3 nitrogen and oxygen atoms in total. The van der Waals surface area contributed by atoms with Crippen molar-refractivity contribution in [3.8, 4) is 0 Å². The van der Waals surface area contributed by atoms with Gasteiger partial charge in [0.25, 0.3) is 0 Å². The van der Waals surface area contributed by atoms with Gasteiger partial charge in [-0.3, -0.25) is 4.90 Å². The molecule has 0 amide bonds. The summed E-state index contributed by atoms with van der Waals surface area (Å²) < 4.78 is 5.34. The summed E-state index contributed by atoms with van der Waals surface area (Å²) in [6.45, 7) is 9.25. The normalized spacial score (nSPS) is 26.8. The molecule has 2 saturated heterocycles. The maximum absolute atomic E-state index is 10.5. The van der Waals surface area contributed by atoms with Crippen LogP contribution in [0.4, 0.5) is 0 Å². The van der Waals surface area contributed by atoms with Crippen LogP contribution in [0.5, 0.6) is 0 Å². The molecular weight excluding hydrogens is 226 g/mol. The maximum Gasteiger partial charge on any atom is 0.0817 e. The van der Waals surface area contributed by atoms with Gasteiger partial charge >= 0.3 is 0 Å². The van der Waals surface area contributed by atoms with Crippen molar-refractivity contribution in [2.75, 3.05) is 32.8 Å². The minimum Gasteiger partial charge on any atom is -0.388 e. The van der Waals surface area contributed by atoms with E-state index >= 15 is 0 Å². The Morgan fingerprint density at radius 3 is 2.11 bits per heavy atom. The first-order valence-electron chi connectivity index (χ1n) is 7.64. The van der Waals surface area contributed by atoms with Gasteiger partial charge < -0.3 is 9.84 Å². The smallest absolute Gasteiger partial charge is 0.0817 e. The molecule has 18 heavy (non-hydrogen) atoms. The number of hydrogen-bond acceptors (Lipinski definition) is 3. The van der Waals surface area contributed by atoms with Gasteiger partial charge in [0.15, 0.2) is 0 Å². The third kappa shape index (κ3) is 3.25. The van der Waals surface area contributed by atoms with E-state index in [1.807, 2.05) is 0 Å². The quantitative estimate of drug-likeness (QED) is 0.791. The zero-order valence-electron chi connectivity index (χ0n) is 12.1. The Bertz CT molecular complexity index is 247. The van der Waals surface area contributed by atoms with Gasteiger partial charge in [-0.1, -0.05) is 26.7 Å². The van der Waals surface area contributed by atoms with Gasteiger partial charge in [0.2, 0.25) is 0 Å². The highest BCUT2D eigenvalue weighted by molar-refractivity contribution is 4.97. The Kier molecular flexibility index (Phi) is 4.68. The van der Waals surface area contributed by atoms with Crippen molar-refractivity contribution in [2.45, 2.75) is 58.0 Å². The van der Waals surface area contributed by atoms with Crippen LogP contribution >= 0.6 is 0 Å². The number of β-amino-alcohol motifs (C(OH)–C–C–N with tert-alkyl or cyclic N) is 1. The summed E-state index contributed by atoms with van der Waals surface area (Å²) in [4.78, 5) is 2.46. The van der Waals surface area contributed by atoms with Crippen LogP contribution in [0.1, 0.15) is 52.4 Å². The Hall–Kier alpha value is -0.120. The lowest BCUT2D eigenvalue weighted by Crippen LogP contribution is -2.60. The van der Waals surface area contributed by atoms with Crippen LogP contribution < -0.4 is 0 Å². The summed E-state index contributed by atoms with van der Waals surface area (Å²) in [6.07, 6.45) is 6.87. The molecule has 0 aromatic rings. The fourth-order valence-electron chi connectivity index (χ4n) is 3.84. The van der Waals surface area contributed by atoms with Crippen LogP contribution in [0, 0.1) is 5.41 Å². The number of aliphatic hydroxyl groups is 1. The molecule has 2 aliphatic rings. The molecule has 0 aromatic heterocycles. The average molecular weight is 255 g/mol. The minimum atomic E-state index is -0.483. The Balaban J connectivity index is 1.80. The van der Waals surface area contributed by atoms with Gasteiger partial charge in [0.05, 0.1) is 5.60 Å². The van der Waals surface area contributed by atoms with Crippen LogP contribution in [0.25, 0.3) is 0 Å². The second kappa shape index (κ2) is 5.89. The van der Waals surface area contributed by atoms with Gasteiger partial charge in [-0.05, 0) is 18.3 Å². The van der Waals surface area contributed by atoms with E-state index in [2.05, 4.69) is 18.7 Å². The lowest BCUT2D eigenvalue weighted by atomic mass is 9.72. The topological polar surface area (TPSA) is 32.7 Å². The predicted molar refractivity (Wildman–Crippen MR) is 73.7 cm³/mol. The molecule has 0 aromatic carbocycles. The van der Waals surface area contributed by atoms with Crippen molar-refractivity contribution >= 4 is 0 Å². The van der Waals surface area contributed by atoms with Gasteiger partial charge in [-0.25, -0.2) is 0 Å². The number of ether oxygens (including phenoxy) is 1. The van der Waals surface area contributed by atoms with E-state index in [9.17, 15) is 5.11 Å². The highest BCUT2D eigenvalue weighted by Crippen LogP contribution is 2.40. The zero-order chi connectivity index (χ0) is 13.1. The summed E-state index contributed by atoms with van der Waals surface area (Å²) in [5.74, 6) is 0. The molecule has 0 spiro atoms. The Labute approximate surface area is 112 Å². The molecule has 0 atom stereocenters. The van der Waals surface area contributed by atoms with Crippen molar-refractivity contribution in [1.29, 1.82) is 0 Å². The molecule has 2 aliphatic heterocycles. The van der Waals surface area contributed by atoms with Crippen molar-refractivity contribution in [1.82, 2.24) is 4.90 Å². The first-order valence-corrected chi connectivity index (χ1v) is 7.64. The number of rotatable bonds is 6. The second-order valence-electron chi connectivity index (χ2n) is 6.48. The standard InChI is InChI=1S/C15H29NO2/c1-3-5-14(6-4-2)11-16(12-14)13-15(17)7-9-18-10-8-15/h17H,3-13H2,1-2H3. The Morgan fingerprint density at radius 2 is 1.61 bits per heavy atom. The molecule has 0 bridgehead atoms. The summed E-state index contributed by atoms with van der Waals surface area (Å²) in [5, 5.41) is 10.5. The van der Waals surface area contributed by atoms with Crippen LogP contribution in [0.2, 0.25) is 0 Å². The van der Waals surface area contributed by atoms with E-state index in [4.69, 9.17) is 4.74 Å². The fourth-order valence-corrected chi connectivity index (χ4v) is 3.84. The average Bonchev–Trinajstić information content (AvgIpc) is 2.28. The molecule has 0 unspecified atom stereocenters. The number of nitrogens with zero attached hydrogens (tertiary/aromatic N) is 1. The van der Waals surface area contributed by atoms with E-state index in [1.165, 1.54) is 38.8 Å².